The molecule has 0 spiro atoms. The van der Waals surface area contributed by atoms with Gasteiger partial charge in [-0.25, -0.2) is 0 Å². The van der Waals surface area contributed by atoms with Gasteiger partial charge < -0.3 is 20.1 Å². The van der Waals surface area contributed by atoms with Crippen molar-refractivity contribution in [3.05, 3.63) is 48.0 Å². The van der Waals surface area contributed by atoms with E-state index in [0.717, 1.165) is 16.9 Å². The van der Waals surface area contributed by atoms with Crippen LogP contribution in [0.2, 0.25) is 0 Å². The van der Waals surface area contributed by atoms with Gasteiger partial charge in [0.05, 0.1) is 14.2 Å². The third kappa shape index (κ3) is 4.10. The van der Waals surface area contributed by atoms with Crippen LogP contribution < -0.4 is 20.1 Å². The van der Waals surface area contributed by atoms with E-state index in [1.165, 1.54) is 0 Å². The van der Waals surface area contributed by atoms with Crippen molar-refractivity contribution in [3.63, 3.8) is 0 Å². The van der Waals surface area contributed by atoms with Crippen LogP contribution in [0.4, 0.5) is 11.4 Å². The van der Waals surface area contributed by atoms with Crippen LogP contribution in [-0.4, -0.2) is 19.3 Å². The van der Waals surface area contributed by atoms with E-state index in [0.29, 0.717) is 16.6 Å². The molecule has 21 heavy (non-hydrogen) atoms. The molecule has 2 aromatic rings. The lowest BCUT2D eigenvalue weighted by Gasteiger charge is -2.14. The fraction of sp³-hybridized carbons (Fsp3) is 0.188. The maximum Gasteiger partial charge on any atom is 0.175 e. The average molecular weight is 302 g/mol. The van der Waals surface area contributed by atoms with Gasteiger partial charge in [-0.15, -0.1) is 0 Å². The van der Waals surface area contributed by atoms with Crippen molar-refractivity contribution in [2.75, 3.05) is 24.9 Å². The minimum absolute atomic E-state index is 0.514. The number of ether oxygens (including phenoxy) is 2. The Balaban J connectivity index is 2.11. The van der Waals surface area contributed by atoms with Gasteiger partial charge >= 0.3 is 0 Å². The van der Waals surface area contributed by atoms with Crippen molar-refractivity contribution < 1.29 is 9.47 Å². The lowest BCUT2D eigenvalue weighted by Crippen LogP contribution is -2.19. The van der Waals surface area contributed by atoms with Crippen LogP contribution >= 0.6 is 12.2 Å². The molecule has 5 heteroatoms. The Hall–Kier alpha value is -2.27. The molecule has 0 unspecified atom stereocenters. The van der Waals surface area contributed by atoms with Crippen LogP contribution in [-0.2, 0) is 0 Å². The maximum absolute atomic E-state index is 5.33. The first-order valence-electron chi connectivity index (χ1n) is 6.49. The first-order chi connectivity index (χ1) is 10.1. The molecule has 4 nitrogen and oxygen atoms in total. The lowest BCUT2D eigenvalue weighted by atomic mass is 10.2. The highest BCUT2D eigenvalue weighted by molar-refractivity contribution is 7.80. The van der Waals surface area contributed by atoms with Crippen molar-refractivity contribution in [2.45, 2.75) is 6.92 Å². The SMILES string of the molecule is COc1cc(NC(=S)Nc2ccccc2C)cc(OC)c1. The number of benzene rings is 2. The smallest absolute Gasteiger partial charge is 0.175 e. The van der Waals surface area contributed by atoms with Gasteiger partial charge in [0.1, 0.15) is 11.5 Å². The van der Waals surface area contributed by atoms with E-state index in [1.807, 2.05) is 49.4 Å². The van der Waals surface area contributed by atoms with Crippen LogP contribution in [0.5, 0.6) is 11.5 Å². The third-order valence-corrected chi connectivity index (χ3v) is 3.21. The molecule has 0 aliphatic carbocycles. The van der Waals surface area contributed by atoms with E-state index in [-0.39, 0.29) is 0 Å². The van der Waals surface area contributed by atoms with Crippen molar-refractivity contribution in [3.8, 4) is 11.5 Å². The standard InChI is InChI=1S/C16H18N2O2S/c1-11-6-4-5-7-15(11)18-16(21)17-12-8-13(19-2)10-14(9-12)20-3/h4-10H,1-3H3,(H2,17,18,21). The van der Waals surface area contributed by atoms with Gasteiger partial charge in [-0.2, -0.15) is 0 Å². The summed E-state index contributed by atoms with van der Waals surface area (Å²) in [5, 5.41) is 6.81. The molecule has 0 fully saturated rings. The molecule has 2 aromatic carbocycles. The van der Waals surface area contributed by atoms with Crippen molar-refractivity contribution in [1.82, 2.24) is 0 Å². The summed E-state index contributed by atoms with van der Waals surface area (Å²) >= 11 is 5.33. The molecule has 110 valence electrons. The third-order valence-electron chi connectivity index (χ3n) is 3.00. The number of hydrogen-bond donors (Lipinski definition) is 2. The van der Waals surface area contributed by atoms with E-state index in [9.17, 15) is 0 Å². The molecule has 0 saturated carbocycles. The van der Waals surface area contributed by atoms with Crippen molar-refractivity contribution in [1.29, 1.82) is 0 Å². The minimum atomic E-state index is 0.514. The Morgan fingerprint density at radius 3 is 2.14 bits per heavy atom. The number of thiocarbonyl (C=S) groups is 1. The molecule has 0 saturated heterocycles. The Labute approximate surface area is 130 Å². The second-order valence-corrected chi connectivity index (χ2v) is 4.90. The van der Waals surface area contributed by atoms with Crippen LogP contribution in [0, 0.1) is 6.92 Å². The van der Waals surface area contributed by atoms with E-state index in [4.69, 9.17) is 21.7 Å². The summed E-state index contributed by atoms with van der Waals surface area (Å²) in [6.07, 6.45) is 0. The molecule has 0 heterocycles. The van der Waals surface area contributed by atoms with E-state index in [1.54, 1.807) is 14.2 Å². The zero-order valence-electron chi connectivity index (χ0n) is 12.3. The lowest BCUT2D eigenvalue weighted by molar-refractivity contribution is 0.395. The average Bonchev–Trinajstić information content (AvgIpc) is 2.49. The molecular formula is C16H18N2O2S. The van der Waals surface area contributed by atoms with Gasteiger partial charge in [0.25, 0.3) is 0 Å². The number of anilines is 2. The fourth-order valence-electron chi connectivity index (χ4n) is 1.88. The number of methoxy groups -OCH3 is 2. The summed E-state index contributed by atoms with van der Waals surface area (Å²) in [6, 6.07) is 13.5. The largest absolute Gasteiger partial charge is 0.497 e. The van der Waals surface area contributed by atoms with E-state index < -0.39 is 0 Å². The van der Waals surface area contributed by atoms with Gasteiger partial charge in [-0.1, -0.05) is 18.2 Å². The Morgan fingerprint density at radius 2 is 1.57 bits per heavy atom. The number of hydrogen-bond acceptors (Lipinski definition) is 3. The molecule has 2 rings (SSSR count). The second kappa shape index (κ2) is 6.95. The van der Waals surface area contributed by atoms with Crippen molar-refractivity contribution >= 4 is 28.7 Å². The molecule has 0 amide bonds. The zero-order valence-corrected chi connectivity index (χ0v) is 13.1. The quantitative estimate of drug-likeness (QED) is 0.840. The minimum Gasteiger partial charge on any atom is -0.497 e. The number of nitrogens with one attached hydrogen (secondary N) is 2. The molecular weight excluding hydrogens is 284 g/mol. The highest BCUT2D eigenvalue weighted by Crippen LogP contribution is 2.26. The summed E-state index contributed by atoms with van der Waals surface area (Å²) in [6.45, 7) is 2.03. The predicted octanol–water partition coefficient (Wildman–Crippen LogP) is 3.82. The first-order valence-corrected chi connectivity index (χ1v) is 6.90. The Morgan fingerprint density at radius 1 is 0.952 bits per heavy atom. The number of aryl methyl sites for hydroxylation is 1. The topological polar surface area (TPSA) is 42.5 Å². The van der Waals surface area contributed by atoms with Crippen LogP contribution in [0.3, 0.4) is 0 Å². The first kappa shape index (κ1) is 15.1. The molecule has 0 radical (unpaired) electrons. The summed E-state index contributed by atoms with van der Waals surface area (Å²) in [7, 11) is 3.23. The van der Waals surface area contributed by atoms with E-state index in [2.05, 4.69) is 10.6 Å². The zero-order chi connectivity index (χ0) is 15.2. The molecule has 0 aliphatic heterocycles. The summed E-state index contributed by atoms with van der Waals surface area (Å²) in [4.78, 5) is 0. The summed E-state index contributed by atoms with van der Waals surface area (Å²) < 4.78 is 10.5. The number of para-hydroxylation sites is 1. The number of rotatable bonds is 4. The summed E-state index contributed by atoms with van der Waals surface area (Å²) in [5.41, 5.74) is 2.91. The van der Waals surface area contributed by atoms with Crippen LogP contribution in [0.25, 0.3) is 0 Å². The highest BCUT2D eigenvalue weighted by Gasteiger charge is 2.05. The molecule has 0 atom stereocenters. The highest BCUT2D eigenvalue weighted by atomic mass is 32.1. The van der Waals surface area contributed by atoms with Crippen molar-refractivity contribution in [2.24, 2.45) is 0 Å². The fourth-order valence-corrected chi connectivity index (χ4v) is 2.11. The van der Waals surface area contributed by atoms with Gasteiger partial charge in [0.2, 0.25) is 0 Å². The second-order valence-electron chi connectivity index (χ2n) is 4.50. The Bertz CT molecular complexity index is 622. The van der Waals surface area contributed by atoms with Crippen LogP contribution in [0.1, 0.15) is 5.56 Å². The van der Waals surface area contributed by atoms with E-state index >= 15 is 0 Å². The summed E-state index contributed by atoms with van der Waals surface area (Å²) in [5.74, 6) is 1.41. The molecule has 0 aromatic heterocycles. The molecule has 2 N–H and O–H groups in total. The van der Waals surface area contributed by atoms with Gasteiger partial charge in [-0.05, 0) is 30.8 Å². The van der Waals surface area contributed by atoms with Crippen LogP contribution in [0.15, 0.2) is 42.5 Å². The van der Waals surface area contributed by atoms with Gasteiger partial charge in [0.15, 0.2) is 5.11 Å². The normalized spacial score (nSPS) is 9.86. The monoisotopic (exact) mass is 302 g/mol. The Kier molecular flexibility index (Phi) is 5.00. The predicted molar refractivity (Wildman–Crippen MR) is 90.6 cm³/mol. The molecule has 0 aliphatic rings. The molecule has 0 bridgehead atoms. The maximum atomic E-state index is 5.33. The van der Waals surface area contributed by atoms with Gasteiger partial charge in [0, 0.05) is 29.6 Å². The van der Waals surface area contributed by atoms with Gasteiger partial charge in [-0.3, -0.25) is 0 Å².